The summed E-state index contributed by atoms with van der Waals surface area (Å²) in [7, 11) is 0. The molecule has 1 saturated heterocycles. The van der Waals surface area contributed by atoms with Gasteiger partial charge in [-0.3, -0.25) is 4.79 Å². The van der Waals surface area contributed by atoms with Crippen LogP contribution in [-0.2, 0) is 4.79 Å². The lowest BCUT2D eigenvalue weighted by Crippen LogP contribution is -2.30. The van der Waals surface area contributed by atoms with E-state index < -0.39 is 0 Å². The van der Waals surface area contributed by atoms with Gasteiger partial charge in [0.05, 0.1) is 0 Å². The Kier molecular flexibility index (Phi) is 2.63. The maximum absolute atomic E-state index is 11.4. The summed E-state index contributed by atoms with van der Waals surface area (Å²) in [5, 5.41) is 0. The van der Waals surface area contributed by atoms with E-state index in [1.54, 1.807) is 11.8 Å². The summed E-state index contributed by atoms with van der Waals surface area (Å²) >= 11 is 0. The number of likely N-dealkylation sites (tertiary alicyclic amines) is 1. The van der Waals surface area contributed by atoms with E-state index in [2.05, 4.69) is 0 Å². The Morgan fingerprint density at radius 3 is 2.83 bits per heavy atom. The molecule has 0 aromatic heterocycles. The minimum absolute atomic E-state index is 0.0192. The fourth-order valence-electron chi connectivity index (χ4n) is 2.58. The molecule has 0 radical (unpaired) electrons. The van der Waals surface area contributed by atoms with E-state index in [4.69, 9.17) is 15.2 Å². The number of nitrogens with two attached hydrogens (primary N) is 1. The van der Waals surface area contributed by atoms with Crippen LogP contribution in [0.3, 0.4) is 0 Å². The van der Waals surface area contributed by atoms with Crippen LogP contribution in [0.1, 0.15) is 18.4 Å². The molecule has 1 aromatic carbocycles. The minimum Gasteiger partial charge on any atom is -0.454 e. The molecule has 2 unspecified atom stereocenters. The maximum Gasteiger partial charge on any atom is 0.231 e. The predicted molar refractivity (Wildman–Crippen MR) is 65.5 cm³/mol. The van der Waals surface area contributed by atoms with Crippen molar-refractivity contribution in [3.63, 3.8) is 0 Å². The first-order chi connectivity index (χ1) is 8.65. The van der Waals surface area contributed by atoms with Crippen molar-refractivity contribution in [3.05, 3.63) is 23.8 Å². The van der Waals surface area contributed by atoms with Crippen molar-refractivity contribution in [2.45, 2.75) is 18.9 Å². The van der Waals surface area contributed by atoms with E-state index in [0.717, 1.165) is 17.1 Å². The third-order valence-corrected chi connectivity index (χ3v) is 3.64. The van der Waals surface area contributed by atoms with Gasteiger partial charge >= 0.3 is 0 Å². The summed E-state index contributed by atoms with van der Waals surface area (Å²) in [4.78, 5) is 13.2. The molecule has 1 amide bonds. The molecule has 1 aromatic rings. The monoisotopic (exact) mass is 248 g/mol. The van der Waals surface area contributed by atoms with Gasteiger partial charge in [-0.05, 0) is 17.7 Å². The van der Waals surface area contributed by atoms with Gasteiger partial charge < -0.3 is 20.1 Å². The number of ether oxygens (including phenoxy) is 2. The van der Waals surface area contributed by atoms with Crippen LogP contribution < -0.4 is 15.2 Å². The number of carbonyl (C=O) groups is 1. The van der Waals surface area contributed by atoms with Gasteiger partial charge in [-0.1, -0.05) is 6.07 Å². The van der Waals surface area contributed by atoms with Crippen LogP contribution in [0.5, 0.6) is 11.5 Å². The SMILES string of the molecule is CC(=O)N1CC(N)C(c2ccc3c(c2)OCO3)C1. The summed E-state index contributed by atoms with van der Waals surface area (Å²) in [6.07, 6.45) is 0. The summed E-state index contributed by atoms with van der Waals surface area (Å²) in [5.74, 6) is 1.78. The van der Waals surface area contributed by atoms with Crippen molar-refractivity contribution in [3.8, 4) is 11.5 Å². The lowest BCUT2D eigenvalue weighted by atomic mass is 9.94. The van der Waals surface area contributed by atoms with E-state index in [1.807, 2.05) is 18.2 Å². The number of hydrogen-bond donors (Lipinski definition) is 1. The fraction of sp³-hybridized carbons (Fsp3) is 0.462. The van der Waals surface area contributed by atoms with Gasteiger partial charge in [0.1, 0.15) is 0 Å². The minimum atomic E-state index is -0.0192. The third kappa shape index (κ3) is 1.80. The molecule has 2 aliphatic rings. The van der Waals surface area contributed by atoms with Crippen LogP contribution >= 0.6 is 0 Å². The van der Waals surface area contributed by atoms with Gasteiger partial charge in [0.15, 0.2) is 11.5 Å². The van der Waals surface area contributed by atoms with Gasteiger partial charge in [-0.25, -0.2) is 0 Å². The van der Waals surface area contributed by atoms with Gasteiger partial charge in [0, 0.05) is 32.0 Å². The van der Waals surface area contributed by atoms with Gasteiger partial charge in [-0.15, -0.1) is 0 Å². The zero-order valence-electron chi connectivity index (χ0n) is 10.3. The zero-order valence-corrected chi connectivity index (χ0v) is 10.3. The molecular formula is C13H16N2O3. The van der Waals surface area contributed by atoms with E-state index in [-0.39, 0.29) is 24.7 Å². The quantitative estimate of drug-likeness (QED) is 0.794. The highest BCUT2D eigenvalue weighted by atomic mass is 16.7. The smallest absolute Gasteiger partial charge is 0.231 e. The second kappa shape index (κ2) is 4.17. The zero-order chi connectivity index (χ0) is 12.7. The number of fused-ring (bicyclic) bond motifs is 1. The molecule has 0 spiro atoms. The molecule has 0 bridgehead atoms. The molecule has 2 aliphatic heterocycles. The normalized spacial score (nSPS) is 25.6. The second-order valence-electron chi connectivity index (χ2n) is 4.81. The second-order valence-corrected chi connectivity index (χ2v) is 4.81. The molecule has 2 N–H and O–H groups in total. The van der Waals surface area contributed by atoms with Gasteiger partial charge in [-0.2, -0.15) is 0 Å². The van der Waals surface area contributed by atoms with E-state index in [9.17, 15) is 4.79 Å². The number of carbonyl (C=O) groups excluding carboxylic acids is 1. The molecule has 1 fully saturated rings. The first kappa shape index (κ1) is 11.3. The average Bonchev–Trinajstić information content (AvgIpc) is 2.93. The Morgan fingerprint density at radius 1 is 1.33 bits per heavy atom. The molecule has 96 valence electrons. The molecule has 3 rings (SSSR count). The summed E-state index contributed by atoms with van der Waals surface area (Å²) < 4.78 is 10.6. The van der Waals surface area contributed by atoms with Crippen LogP contribution in [0, 0.1) is 0 Å². The molecule has 2 heterocycles. The van der Waals surface area contributed by atoms with Crippen LogP contribution in [0.25, 0.3) is 0 Å². The van der Waals surface area contributed by atoms with Crippen molar-refractivity contribution in [2.24, 2.45) is 5.73 Å². The topological polar surface area (TPSA) is 64.8 Å². The molecule has 2 atom stereocenters. The van der Waals surface area contributed by atoms with Crippen LogP contribution in [0.15, 0.2) is 18.2 Å². The number of benzene rings is 1. The Labute approximate surface area is 105 Å². The third-order valence-electron chi connectivity index (χ3n) is 3.64. The maximum atomic E-state index is 11.4. The summed E-state index contributed by atoms with van der Waals surface area (Å²) in [6, 6.07) is 5.85. The first-order valence-electron chi connectivity index (χ1n) is 6.06. The van der Waals surface area contributed by atoms with Gasteiger partial charge in [0.25, 0.3) is 0 Å². The molecule has 18 heavy (non-hydrogen) atoms. The largest absolute Gasteiger partial charge is 0.454 e. The van der Waals surface area contributed by atoms with Gasteiger partial charge in [0.2, 0.25) is 12.7 Å². The fourth-order valence-corrected chi connectivity index (χ4v) is 2.58. The standard InChI is InChI=1S/C13H16N2O3/c1-8(16)15-5-10(11(14)6-15)9-2-3-12-13(4-9)18-7-17-12/h2-4,10-11H,5-7,14H2,1H3. The van der Waals surface area contributed by atoms with E-state index >= 15 is 0 Å². The Hall–Kier alpha value is -1.75. The predicted octanol–water partition coefficient (Wildman–Crippen LogP) is 0.688. The van der Waals surface area contributed by atoms with Crippen LogP contribution in [0.4, 0.5) is 0 Å². The summed E-state index contributed by atoms with van der Waals surface area (Å²) in [5.41, 5.74) is 7.23. The molecule has 0 aliphatic carbocycles. The summed E-state index contributed by atoms with van der Waals surface area (Å²) in [6.45, 7) is 3.15. The van der Waals surface area contributed by atoms with Crippen LogP contribution in [0.2, 0.25) is 0 Å². The van der Waals surface area contributed by atoms with Crippen molar-refractivity contribution in [1.29, 1.82) is 0 Å². The number of amides is 1. The van der Waals surface area contributed by atoms with E-state index in [1.165, 1.54) is 0 Å². The Bertz CT molecular complexity index is 489. The average molecular weight is 248 g/mol. The number of hydrogen-bond acceptors (Lipinski definition) is 4. The van der Waals surface area contributed by atoms with Crippen molar-refractivity contribution >= 4 is 5.91 Å². The molecule has 0 saturated carbocycles. The van der Waals surface area contributed by atoms with Crippen molar-refractivity contribution in [1.82, 2.24) is 4.90 Å². The lowest BCUT2D eigenvalue weighted by molar-refractivity contribution is -0.127. The molecule has 5 nitrogen and oxygen atoms in total. The Balaban J connectivity index is 1.85. The van der Waals surface area contributed by atoms with E-state index in [0.29, 0.717) is 13.1 Å². The Morgan fingerprint density at radius 2 is 2.11 bits per heavy atom. The highest BCUT2D eigenvalue weighted by Gasteiger charge is 2.33. The van der Waals surface area contributed by atoms with Crippen LogP contribution in [-0.4, -0.2) is 36.7 Å². The highest BCUT2D eigenvalue weighted by molar-refractivity contribution is 5.73. The number of nitrogens with zero attached hydrogens (tertiary/aromatic N) is 1. The lowest BCUT2D eigenvalue weighted by Gasteiger charge is -2.15. The number of rotatable bonds is 1. The first-order valence-corrected chi connectivity index (χ1v) is 6.06. The molecular weight excluding hydrogens is 232 g/mol. The highest BCUT2D eigenvalue weighted by Crippen LogP contribution is 2.36. The van der Waals surface area contributed by atoms with Crippen molar-refractivity contribution in [2.75, 3.05) is 19.9 Å². The molecule has 5 heteroatoms. The van der Waals surface area contributed by atoms with Crippen molar-refractivity contribution < 1.29 is 14.3 Å².